The van der Waals surface area contributed by atoms with Gasteiger partial charge < -0.3 is 15.1 Å². The van der Waals surface area contributed by atoms with E-state index in [1.807, 2.05) is 0 Å². The average molecular weight is 386 g/mol. The smallest absolute Gasteiger partial charge is 0.326 e. The largest absolute Gasteiger partial charge is 0.369 e. The van der Waals surface area contributed by atoms with Gasteiger partial charge in [-0.2, -0.15) is 0 Å². The van der Waals surface area contributed by atoms with E-state index in [0.29, 0.717) is 19.5 Å². The van der Waals surface area contributed by atoms with Crippen molar-refractivity contribution in [3.8, 4) is 0 Å². The lowest BCUT2D eigenvalue weighted by atomic mass is 9.88. The molecule has 3 aliphatic rings. The van der Waals surface area contributed by atoms with Crippen molar-refractivity contribution in [2.45, 2.75) is 32.2 Å². The molecule has 1 N–H and O–H groups in total. The Morgan fingerprint density at radius 1 is 1.00 bits per heavy atom. The Kier molecular flexibility index (Phi) is 5.05. The zero-order valence-electron chi connectivity index (χ0n) is 17.2. The first-order valence-corrected chi connectivity index (χ1v) is 10.3. The van der Waals surface area contributed by atoms with Gasteiger partial charge in [-0.15, -0.1) is 0 Å². The van der Waals surface area contributed by atoms with Crippen LogP contribution in [0.1, 0.15) is 24.0 Å². The van der Waals surface area contributed by atoms with E-state index in [4.69, 9.17) is 0 Å². The van der Waals surface area contributed by atoms with Gasteiger partial charge in [0.2, 0.25) is 0 Å². The molecule has 1 aromatic carbocycles. The van der Waals surface area contributed by atoms with Crippen molar-refractivity contribution in [1.29, 1.82) is 0 Å². The van der Waals surface area contributed by atoms with Crippen molar-refractivity contribution in [2.24, 2.45) is 0 Å². The Morgan fingerprint density at radius 3 is 2.36 bits per heavy atom. The second kappa shape index (κ2) is 7.37. The van der Waals surface area contributed by atoms with Crippen LogP contribution in [0.2, 0.25) is 0 Å². The summed E-state index contributed by atoms with van der Waals surface area (Å²) in [4.78, 5) is 33.8. The van der Waals surface area contributed by atoms with Gasteiger partial charge in [-0.25, -0.2) is 9.69 Å². The summed E-state index contributed by atoms with van der Waals surface area (Å²) in [5.41, 5.74) is 3.25. The van der Waals surface area contributed by atoms with Crippen molar-refractivity contribution < 1.29 is 9.59 Å². The molecule has 0 bridgehead atoms. The highest BCUT2D eigenvalue weighted by molar-refractivity contribution is 6.07. The van der Waals surface area contributed by atoms with E-state index >= 15 is 0 Å². The number of hydrogen-bond acceptors (Lipinski definition) is 5. The number of hydrogen-bond donors (Lipinski definition) is 1. The number of amides is 3. The molecule has 0 radical (unpaired) electrons. The summed E-state index contributed by atoms with van der Waals surface area (Å²) in [6.45, 7) is 9.90. The molecule has 0 aromatic heterocycles. The summed E-state index contributed by atoms with van der Waals surface area (Å²) >= 11 is 0. The zero-order chi connectivity index (χ0) is 19.9. The number of imide groups is 1. The van der Waals surface area contributed by atoms with Crippen LogP contribution in [0.4, 0.5) is 10.5 Å². The van der Waals surface area contributed by atoms with Crippen molar-refractivity contribution in [2.75, 3.05) is 57.9 Å². The van der Waals surface area contributed by atoms with E-state index in [1.54, 1.807) is 0 Å². The van der Waals surface area contributed by atoms with Crippen LogP contribution < -0.4 is 10.2 Å². The van der Waals surface area contributed by atoms with Gasteiger partial charge >= 0.3 is 6.03 Å². The first kappa shape index (κ1) is 19.2. The molecule has 3 aliphatic heterocycles. The number of nitrogens with zero attached hydrogens (tertiary/aromatic N) is 4. The Hall–Kier alpha value is -2.12. The normalized spacial score (nSPS) is 23.5. The number of urea groups is 1. The summed E-state index contributed by atoms with van der Waals surface area (Å²) in [6, 6.07) is 6.20. The van der Waals surface area contributed by atoms with Gasteiger partial charge in [0.25, 0.3) is 5.91 Å². The third-order valence-electron chi connectivity index (χ3n) is 6.72. The van der Waals surface area contributed by atoms with Gasteiger partial charge in [-0.05, 0) is 50.9 Å². The molecule has 1 aromatic rings. The minimum absolute atomic E-state index is 0.0393. The maximum absolute atomic E-state index is 13.0. The first-order chi connectivity index (χ1) is 13.4. The fourth-order valence-electron chi connectivity index (χ4n) is 4.55. The lowest BCUT2D eigenvalue weighted by Gasteiger charge is -2.38. The second-order valence-corrected chi connectivity index (χ2v) is 8.51. The zero-order valence-corrected chi connectivity index (χ0v) is 17.2. The predicted molar refractivity (Wildman–Crippen MR) is 109 cm³/mol. The summed E-state index contributed by atoms with van der Waals surface area (Å²) in [7, 11) is 2.06. The highest BCUT2D eigenvalue weighted by atomic mass is 16.2. The van der Waals surface area contributed by atoms with Gasteiger partial charge in [0.1, 0.15) is 5.54 Å². The lowest BCUT2D eigenvalue weighted by molar-refractivity contribution is -0.134. The van der Waals surface area contributed by atoms with Crippen LogP contribution in [0.25, 0.3) is 0 Å². The Morgan fingerprint density at radius 2 is 1.68 bits per heavy atom. The van der Waals surface area contributed by atoms with Crippen molar-refractivity contribution >= 4 is 17.6 Å². The topological polar surface area (TPSA) is 59.1 Å². The number of benzene rings is 1. The van der Waals surface area contributed by atoms with Crippen molar-refractivity contribution in [3.63, 3.8) is 0 Å². The molecule has 0 aliphatic carbocycles. The highest BCUT2D eigenvalue weighted by Gasteiger charge is 2.52. The number of aryl methyl sites for hydroxylation is 1. The van der Waals surface area contributed by atoms with Crippen LogP contribution in [-0.4, -0.2) is 85.2 Å². The molecule has 3 amide bonds. The molecule has 0 atom stereocenters. The van der Waals surface area contributed by atoms with Gasteiger partial charge in [0, 0.05) is 45.0 Å². The SMILES string of the molecule is Cc1cccc(N2CCN(CN3C(=O)NC4(CCN(C)CC4)C3=O)CC2)c1C. The van der Waals surface area contributed by atoms with E-state index in [1.165, 1.54) is 21.7 Å². The predicted octanol–water partition coefficient (Wildman–Crippen LogP) is 1.40. The van der Waals surface area contributed by atoms with Crippen LogP contribution >= 0.6 is 0 Å². The minimum atomic E-state index is -0.676. The van der Waals surface area contributed by atoms with Crippen LogP contribution in [0, 0.1) is 13.8 Å². The average Bonchev–Trinajstić information content (AvgIpc) is 2.91. The molecule has 0 saturated carbocycles. The number of carbonyl (C=O) groups is 2. The summed E-state index contributed by atoms with van der Waals surface area (Å²) in [6.07, 6.45) is 1.40. The molecule has 0 unspecified atom stereocenters. The molecule has 7 heteroatoms. The molecule has 7 nitrogen and oxygen atoms in total. The molecule has 28 heavy (non-hydrogen) atoms. The molecule has 4 rings (SSSR count). The number of carbonyl (C=O) groups excluding carboxylic acids is 2. The van der Waals surface area contributed by atoms with Crippen LogP contribution in [-0.2, 0) is 4.79 Å². The molecular formula is C21H31N5O2. The standard InChI is InChI=1S/C21H31N5O2/c1-16-5-4-6-18(17(16)2)25-13-11-24(12-14-25)15-26-19(27)21(22-20(26)28)7-9-23(3)10-8-21/h4-6H,7-15H2,1-3H3,(H,22,28). The summed E-state index contributed by atoms with van der Waals surface area (Å²) < 4.78 is 0. The van der Waals surface area contributed by atoms with E-state index in [-0.39, 0.29) is 11.9 Å². The monoisotopic (exact) mass is 385 g/mol. The maximum Gasteiger partial charge on any atom is 0.326 e. The molecule has 152 valence electrons. The fraction of sp³-hybridized carbons (Fsp3) is 0.619. The molecule has 3 saturated heterocycles. The number of anilines is 1. The van der Waals surface area contributed by atoms with Gasteiger partial charge in [-0.1, -0.05) is 12.1 Å². The van der Waals surface area contributed by atoms with E-state index in [0.717, 1.165) is 39.3 Å². The number of likely N-dealkylation sites (tertiary alicyclic amines) is 1. The first-order valence-electron chi connectivity index (χ1n) is 10.3. The van der Waals surface area contributed by atoms with Gasteiger partial charge in [-0.3, -0.25) is 9.69 Å². The number of piperazine rings is 1. The molecule has 3 heterocycles. The maximum atomic E-state index is 13.0. The fourth-order valence-corrected chi connectivity index (χ4v) is 4.55. The Labute approximate surface area is 167 Å². The number of rotatable bonds is 3. The van der Waals surface area contributed by atoms with E-state index < -0.39 is 5.54 Å². The lowest BCUT2D eigenvalue weighted by Crippen LogP contribution is -2.55. The Bertz CT molecular complexity index is 764. The summed E-state index contributed by atoms with van der Waals surface area (Å²) in [5.74, 6) is -0.0393. The Balaban J connectivity index is 1.37. The van der Waals surface area contributed by atoms with Crippen LogP contribution in [0.5, 0.6) is 0 Å². The number of piperidine rings is 1. The summed E-state index contributed by atoms with van der Waals surface area (Å²) in [5, 5.41) is 3.00. The molecule has 1 spiro atoms. The third kappa shape index (κ3) is 3.37. The minimum Gasteiger partial charge on any atom is -0.369 e. The van der Waals surface area contributed by atoms with E-state index in [9.17, 15) is 9.59 Å². The molecule has 3 fully saturated rings. The van der Waals surface area contributed by atoms with E-state index in [2.05, 4.69) is 59.1 Å². The third-order valence-corrected chi connectivity index (χ3v) is 6.72. The van der Waals surface area contributed by atoms with Crippen molar-refractivity contribution in [3.05, 3.63) is 29.3 Å². The van der Waals surface area contributed by atoms with Crippen molar-refractivity contribution in [1.82, 2.24) is 20.0 Å². The molecular weight excluding hydrogens is 354 g/mol. The second-order valence-electron chi connectivity index (χ2n) is 8.51. The van der Waals surface area contributed by atoms with Crippen LogP contribution in [0.15, 0.2) is 18.2 Å². The number of nitrogens with one attached hydrogen (secondary N) is 1. The van der Waals surface area contributed by atoms with Gasteiger partial charge in [0.05, 0.1) is 6.67 Å². The quantitative estimate of drug-likeness (QED) is 0.797. The van der Waals surface area contributed by atoms with Gasteiger partial charge in [0.15, 0.2) is 0 Å². The highest BCUT2D eigenvalue weighted by Crippen LogP contribution is 2.29. The van der Waals surface area contributed by atoms with Crippen LogP contribution in [0.3, 0.4) is 0 Å².